The molecule has 1 aliphatic rings. The van der Waals surface area contributed by atoms with Gasteiger partial charge in [0.05, 0.1) is 17.7 Å². The maximum Gasteiger partial charge on any atom is 0.245 e. The van der Waals surface area contributed by atoms with Crippen LogP contribution in [-0.4, -0.2) is 19.0 Å². The van der Waals surface area contributed by atoms with Crippen LogP contribution in [0.3, 0.4) is 0 Å². The van der Waals surface area contributed by atoms with Crippen molar-refractivity contribution in [1.29, 1.82) is 5.26 Å². The number of hydrogen-bond acceptors (Lipinski definition) is 4. The second-order valence-electron chi connectivity index (χ2n) is 4.93. The van der Waals surface area contributed by atoms with Gasteiger partial charge < -0.3 is 16.0 Å². The first kappa shape index (κ1) is 14.8. The molecule has 0 spiro atoms. The molecule has 2 atom stereocenters. The summed E-state index contributed by atoms with van der Waals surface area (Å²) in [6.45, 7) is 5.35. The molecule has 0 saturated heterocycles. The molecule has 1 aromatic rings. The topological polar surface area (TPSA) is 82.2 Å². The number of hydrogen-bond donors (Lipinski definition) is 2. The Bertz CT molecular complexity index is 581. The van der Waals surface area contributed by atoms with Gasteiger partial charge >= 0.3 is 0 Å². The molecule has 1 aromatic carbocycles. The molecule has 0 aliphatic carbocycles. The number of amides is 1. The zero-order chi connectivity index (χ0) is 14.9. The van der Waals surface area contributed by atoms with E-state index >= 15 is 0 Å². The van der Waals surface area contributed by atoms with Crippen molar-refractivity contribution in [2.24, 2.45) is 11.7 Å². The van der Waals surface area contributed by atoms with E-state index in [0.717, 1.165) is 28.0 Å². The standard InChI is InChI=1S/C14H17BrN4O/c1-3-19(7-8(2)6-16)12-5-11-9(4-10(12)15)13(17)14(20)18-11/h4-5,8,13H,3,7,17H2,1-2H3,(H,18,20). The van der Waals surface area contributed by atoms with Crippen LogP contribution in [0.2, 0.25) is 0 Å². The molecule has 6 heteroatoms. The van der Waals surface area contributed by atoms with Gasteiger partial charge in [-0.05, 0) is 41.9 Å². The normalized spacial score (nSPS) is 18.1. The summed E-state index contributed by atoms with van der Waals surface area (Å²) in [5.41, 5.74) is 8.35. The van der Waals surface area contributed by atoms with Gasteiger partial charge in [-0.15, -0.1) is 0 Å². The molecule has 5 nitrogen and oxygen atoms in total. The van der Waals surface area contributed by atoms with Gasteiger partial charge in [0.25, 0.3) is 0 Å². The van der Waals surface area contributed by atoms with Crippen molar-refractivity contribution in [3.8, 4) is 6.07 Å². The van der Waals surface area contributed by atoms with E-state index in [1.54, 1.807) is 0 Å². The molecule has 0 aromatic heterocycles. The summed E-state index contributed by atoms with van der Waals surface area (Å²) >= 11 is 3.53. The number of benzene rings is 1. The average Bonchev–Trinajstić information content (AvgIpc) is 2.70. The molecule has 0 bridgehead atoms. The summed E-state index contributed by atoms with van der Waals surface area (Å²) in [5.74, 6) is -0.246. The Morgan fingerprint density at radius 3 is 2.90 bits per heavy atom. The Hall–Kier alpha value is -1.58. The van der Waals surface area contributed by atoms with Crippen LogP contribution in [0.1, 0.15) is 25.5 Å². The molecule has 20 heavy (non-hydrogen) atoms. The molecular formula is C14H17BrN4O. The van der Waals surface area contributed by atoms with E-state index in [0.29, 0.717) is 6.54 Å². The lowest BCUT2D eigenvalue weighted by Crippen LogP contribution is -2.28. The minimum atomic E-state index is -0.608. The van der Waals surface area contributed by atoms with Crippen molar-refractivity contribution in [3.05, 3.63) is 22.2 Å². The Morgan fingerprint density at radius 2 is 2.30 bits per heavy atom. The van der Waals surface area contributed by atoms with Crippen LogP contribution in [0.25, 0.3) is 0 Å². The van der Waals surface area contributed by atoms with Gasteiger partial charge in [0, 0.05) is 28.8 Å². The fourth-order valence-corrected chi connectivity index (χ4v) is 2.92. The first-order chi connectivity index (χ1) is 9.47. The number of carbonyl (C=O) groups is 1. The average molecular weight is 337 g/mol. The summed E-state index contributed by atoms with van der Waals surface area (Å²) in [7, 11) is 0. The van der Waals surface area contributed by atoms with Gasteiger partial charge in [-0.2, -0.15) is 5.26 Å². The summed E-state index contributed by atoms with van der Waals surface area (Å²) in [5, 5.41) is 11.7. The van der Waals surface area contributed by atoms with Crippen LogP contribution < -0.4 is 16.0 Å². The molecule has 0 fully saturated rings. The molecule has 3 N–H and O–H groups in total. The number of nitrogens with zero attached hydrogens (tertiary/aromatic N) is 2. The highest BCUT2D eigenvalue weighted by atomic mass is 79.9. The summed E-state index contributed by atoms with van der Waals surface area (Å²) < 4.78 is 0.884. The van der Waals surface area contributed by atoms with Gasteiger partial charge in [0.1, 0.15) is 6.04 Å². The van der Waals surface area contributed by atoms with Crippen LogP contribution in [0.5, 0.6) is 0 Å². The van der Waals surface area contributed by atoms with Crippen molar-refractivity contribution in [2.75, 3.05) is 23.3 Å². The predicted molar refractivity (Wildman–Crippen MR) is 82.4 cm³/mol. The first-order valence-electron chi connectivity index (χ1n) is 6.52. The largest absolute Gasteiger partial charge is 0.370 e. The zero-order valence-electron chi connectivity index (χ0n) is 11.5. The number of fused-ring (bicyclic) bond motifs is 1. The maximum absolute atomic E-state index is 11.6. The van der Waals surface area contributed by atoms with E-state index in [9.17, 15) is 4.79 Å². The molecule has 106 valence electrons. The number of anilines is 2. The third-order valence-corrected chi connectivity index (χ3v) is 4.07. The molecule has 1 heterocycles. The predicted octanol–water partition coefficient (Wildman–Crippen LogP) is 2.39. The smallest absolute Gasteiger partial charge is 0.245 e. The molecule has 0 saturated carbocycles. The van der Waals surface area contributed by atoms with E-state index in [-0.39, 0.29) is 11.8 Å². The molecular weight excluding hydrogens is 320 g/mol. The number of nitriles is 1. The lowest BCUT2D eigenvalue weighted by Gasteiger charge is -2.26. The van der Waals surface area contributed by atoms with Crippen LogP contribution >= 0.6 is 15.9 Å². The lowest BCUT2D eigenvalue weighted by molar-refractivity contribution is -0.116. The summed E-state index contributed by atoms with van der Waals surface area (Å²) in [4.78, 5) is 13.7. The van der Waals surface area contributed by atoms with Gasteiger partial charge in [-0.1, -0.05) is 0 Å². The summed E-state index contributed by atoms with van der Waals surface area (Å²) in [6, 6.07) is 5.43. The molecule has 1 aliphatic heterocycles. The zero-order valence-corrected chi connectivity index (χ0v) is 13.1. The molecule has 2 rings (SSSR count). The monoisotopic (exact) mass is 336 g/mol. The number of nitrogens with two attached hydrogens (primary N) is 1. The Morgan fingerprint density at radius 1 is 1.60 bits per heavy atom. The van der Waals surface area contributed by atoms with E-state index < -0.39 is 6.04 Å². The SMILES string of the molecule is CCN(CC(C)C#N)c1cc2c(cc1Br)C(N)C(=O)N2. The highest BCUT2D eigenvalue weighted by Gasteiger charge is 2.29. The fourth-order valence-electron chi connectivity index (χ4n) is 2.31. The second kappa shape index (κ2) is 5.81. The minimum absolute atomic E-state index is 0.0630. The number of carbonyl (C=O) groups excluding carboxylic acids is 1. The Labute approximate surface area is 126 Å². The van der Waals surface area contributed by atoms with E-state index in [4.69, 9.17) is 11.0 Å². The van der Waals surface area contributed by atoms with Crippen LogP contribution in [0.15, 0.2) is 16.6 Å². The lowest BCUT2D eigenvalue weighted by atomic mass is 10.1. The summed E-state index contributed by atoms with van der Waals surface area (Å²) in [6.07, 6.45) is 0. The van der Waals surface area contributed by atoms with E-state index in [1.165, 1.54) is 0 Å². The quantitative estimate of drug-likeness (QED) is 0.884. The highest BCUT2D eigenvalue weighted by molar-refractivity contribution is 9.10. The van der Waals surface area contributed by atoms with Crippen molar-refractivity contribution in [3.63, 3.8) is 0 Å². The third kappa shape index (κ3) is 2.65. The van der Waals surface area contributed by atoms with Crippen LogP contribution in [-0.2, 0) is 4.79 Å². The fraction of sp³-hybridized carbons (Fsp3) is 0.429. The highest BCUT2D eigenvalue weighted by Crippen LogP contribution is 2.38. The van der Waals surface area contributed by atoms with Gasteiger partial charge in [-0.3, -0.25) is 4.79 Å². The van der Waals surface area contributed by atoms with Crippen LogP contribution in [0.4, 0.5) is 11.4 Å². The number of rotatable bonds is 4. The minimum Gasteiger partial charge on any atom is -0.370 e. The van der Waals surface area contributed by atoms with Crippen molar-refractivity contribution in [2.45, 2.75) is 19.9 Å². The second-order valence-corrected chi connectivity index (χ2v) is 5.78. The van der Waals surface area contributed by atoms with Crippen molar-refractivity contribution in [1.82, 2.24) is 0 Å². The van der Waals surface area contributed by atoms with Crippen LogP contribution in [0, 0.1) is 17.2 Å². The molecule has 1 amide bonds. The molecule has 0 radical (unpaired) electrons. The Kier molecular flexibility index (Phi) is 4.31. The number of halogens is 1. The third-order valence-electron chi connectivity index (χ3n) is 3.43. The Balaban J connectivity index is 2.36. The maximum atomic E-state index is 11.6. The van der Waals surface area contributed by atoms with Crippen molar-refractivity contribution >= 4 is 33.2 Å². The van der Waals surface area contributed by atoms with E-state index in [1.807, 2.05) is 26.0 Å². The first-order valence-corrected chi connectivity index (χ1v) is 7.31. The van der Waals surface area contributed by atoms with Crippen molar-refractivity contribution < 1.29 is 4.79 Å². The van der Waals surface area contributed by atoms with Gasteiger partial charge in [-0.25, -0.2) is 0 Å². The van der Waals surface area contributed by atoms with Gasteiger partial charge in [0.2, 0.25) is 5.91 Å². The molecule has 2 unspecified atom stereocenters. The number of nitrogens with one attached hydrogen (secondary N) is 1. The van der Waals surface area contributed by atoms with E-state index in [2.05, 4.69) is 32.2 Å². The van der Waals surface area contributed by atoms with Gasteiger partial charge in [0.15, 0.2) is 0 Å².